The molecule has 18 heavy (non-hydrogen) atoms. The van der Waals surface area contributed by atoms with Crippen molar-refractivity contribution in [3.8, 4) is 5.75 Å². The lowest BCUT2D eigenvalue weighted by molar-refractivity contribution is 0.0372. The summed E-state index contributed by atoms with van der Waals surface area (Å²) >= 11 is 0. The summed E-state index contributed by atoms with van der Waals surface area (Å²) in [6, 6.07) is 8.49. The fourth-order valence-electron chi connectivity index (χ4n) is 3.05. The first-order valence-corrected chi connectivity index (χ1v) is 6.87. The second kappa shape index (κ2) is 4.56. The molecule has 0 aromatic heterocycles. The van der Waals surface area contributed by atoms with Gasteiger partial charge in [0.25, 0.3) is 0 Å². The molecule has 1 aromatic rings. The van der Waals surface area contributed by atoms with Crippen molar-refractivity contribution in [1.29, 1.82) is 0 Å². The number of nitrogens with zero attached hydrogens (tertiary/aromatic N) is 1. The van der Waals surface area contributed by atoms with E-state index in [0.29, 0.717) is 6.10 Å². The number of hydrogen-bond acceptors (Lipinski definition) is 3. The van der Waals surface area contributed by atoms with E-state index in [0.717, 1.165) is 25.4 Å². The van der Waals surface area contributed by atoms with Gasteiger partial charge in [0.15, 0.2) is 0 Å². The molecule has 98 valence electrons. The first-order chi connectivity index (χ1) is 8.67. The maximum Gasteiger partial charge on any atom is 0.124 e. The second-order valence-corrected chi connectivity index (χ2v) is 5.82. The molecule has 0 amide bonds. The van der Waals surface area contributed by atoms with Gasteiger partial charge in [-0.25, -0.2) is 0 Å². The van der Waals surface area contributed by atoms with Crippen LogP contribution in [0.25, 0.3) is 0 Å². The Morgan fingerprint density at radius 3 is 2.78 bits per heavy atom. The van der Waals surface area contributed by atoms with Crippen LogP contribution < -0.4 is 10.1 Å². The van der Waals surface area contributed by atoms with Crippen molar-refractivity contribution in [2.75, 3.05) is 26.7 Å². The highest BCUT2D eigenvalue weighted by atomic mass is 16.5. The Morgan fingerprint density at radius 2 is 2.11 bits per heavy atom. The van der Waals surface area contributed by atoms with Gasteiger partial charge in [-0.1, -0.05) is 18.2 Å². The molecule has 2 aliphatic heterocycles. The molecule has 0 radical (unpaired) electrons. The van der Waals surface area contributed by atoms with E-state index in [1.165, 1.54) is 18.4 Å². The molecule has 3 heteroatoms. The number of nitrogens with one attached hydrogen (secondary N) is 1. The summed E-state index contributed by atoms with van der Waals surface area (Å²) in [6.07, 6.45) is 2.80. The molecule has 1 aromatic carbocycles. The number of ether oxygens (including phenoxy) is 1. The van der Waals surface area contributed by atoms with Gasteiger partial charge in [0.05, 0.1) is 0 Å². The summed E-state index contributed by atoms with van der Waals surface area (Å²) in [4.78, 5) is 2.28. The van der Waals surface area contributed by atoms with Crippen molar-refractivity contribution >= 4 is 0 Å². The molecule has 2 heterocycles. The predicted molar refractivity (Wildman–Crippen MR) is 72.9 cm³/mol. The van der Waals surface area contributed by atoms with Crippen molar-refractivity contribution in [3.05, 3.63) is 29.8 Å². The molecule has 2 fully saturated rings. The minimum Gasteiger partial charge on any atom is -0.487 e. The lowest BCUT2D eigenvalue weighted by atomic mass is 9.90. The largest absolute Gasteiger partial charge is 0.487 e. The Labute approximate surface area is 109 Å². The maximum absolute atomic E-state index is 6.15. The van der Waals surface area contributed by atoms with Crippen LogP contribution in [0.4, 0.5) is 0 Å². The highest BCUT2D eigenvalue weighted by Gasteiger charge is 2.34. The van der Waals surface area contributed by atoms with Gasteiger partial charge in [-0.05, 0) is 39.4 Å². The molecular formula is C15H22N2O. The van der Waals surface area contributed by atoms with Crippen LogP contribution >= 0.6 is 0 Å². The van der Waals surface area contributed by atoms with Crippen LogP contribution in [-0.2, 0) is 5.54 Å². The monoisotopic (exact) mass is 246 g/mol. The van der Waals surface area contributed by atoms with Gasteiger partial charge in [-0.2, -0.15) is 0 Å². The lowest BCUT2D eigenvalue weighted by Gasteiger charge is -2.37. The number of para-hydroxylation sites is 1. The Bertz CT molecular complexity index is 420. The van der Waals surface area contributed by atoms with Gasteiger partial charge < -0.3 is 10.1 Å². The van der Waals surface area contributed by atoms with Gasteiger partial charge in [0, 0.05) is 24.2 Å². The molecule has 0 saturated carbocycles. The van der Waals surface area contributed by atoms with E-state index in [4.69, 9.17) is 4.74 Å². The average Bonchev–Trinajstić information content (AvgIpc) is 2.76. The van der Waals surface area contributed by atoms with Crippen LogP contribution in [-0.4, -0.2) is 37.7 Å². The summed E-state index contributed by atoms with van der Waals surface area (Å²) in [7, 11) is 2.13. The fourth-order valence-corrected chi connectivity index (χ4v) is 3.05. The molecule has 2 saturated heterocycles. The van der Waals surface area contributed by atoms with Gasteiger partial charge in [-0.15, -0.1) is 0 Å². The molecular weight excluding hydrogens is 224 g/mol. The Morgan fingerprint density at radius 1 is 1.33 bits per heavy atom. The van der Waals surface area contributed by atoms with Crippen LogP contribution in [0.1, 0.15) is 25.3 Å². The first kappa shape index (κ1) is 12.0. The van der Waals surface area contributed by atoms with Crippen molar-refractivity contribution in [3.63, 3.8) is 0 Å². The summed E-state index contributed by atoms with van der Waals surface area (Å²) in [6.45, 7) is 5.48. The van der Waals surface area contributed by atoms with Crippen molar-refractivity contribution in [1.82, 2.24) is 10.2 Å². The van der Waals surface area contributed by atoms with Crippen LogP contribution in [0.15, 0.2) is 24.3 Å². The summed E-state index contributed by atoms with van der Waals surface area (Å²) in [5.74, 6) is 1.06. The maximum atomic E-state index is 6.15. The highest BCUT2D eigenvalue weighted by Crippen LogP contribution is 2.36. The number of likely N-dealkylation sites (tertiary alicyclic amines) is 1. The summed E-state index contributed by atoms with van der Waals surface area (Å²) in [5.41, 5.74) is 1.41. The molecule has 0 bridgehead atoms. The van der Waals surface area contributed by atoms with E-state index in [9.17, 15) is 0 Å². The summed E-state index contributed by atoms with van der Waals surface area (Å²) in [5, 5.41) is 3.62. The SMILES string of the molecule is CN1CC(Oc2ccccc2C2(C)CCCN2)C1. The highest BCUT2D eigenvalue weighted by molar-refractivity contribution is 5.39. The lowest BCUT2D eigenvalue weighted by Crippen LogP contribution is -2.51. The molecule has 3 rings (SSSR count). The molecule has 2 aliphatic rings. The third-order valence-electron chi connectivity index (χ3n) is 4.17. The summed E-state index contributed by atoms with van der Waals surface area (Å²) < 4.78 is 6.15. The molecule has 3 nitrogen and oxygen atoms in total. The zero-order chi connectivity index (χ0) is 12.6. The minimum atomic E-state index is 0.0895. The van der Waals surface area contributed by atoms with Crippen LogP contribution in [0, 0.1) is 0 Å². The van der Waals surface area contributed by atoms with Gasteiger partial charge in [0.1, 0.15) is 11.9 Å². The fraction of sp³-hybridized carbons (Fsp3) is 0.600. The standard InChI is InChI=1S/C15H22N2O/c1-15(8-5-9-16-15)13-6-3-4-7-14(13)18-12-10-17(2)11-12/h3-4,6-7,12,16H,5,8-11H2,1-2H3. The van der Waals surface area contributed by atoms with Gasteiger partial charge in [-0.3, -0.25) is 4.90 Å². The number of hydrogen-bond donors (Lipinski definition) is 1. The van der Waals surface area contributed by atoms with E-state index < -0.39 is 0 Å². The third-order valence-corrected chi connectivity index (χ3v) is 4.17. The molecule has 0 spiro atoms. The zero-order valence-corrected chi connectivity index (χ0v) is 11.3. The molecule has 0 aliphatic carbocycles. The quantitative estimate of drug-likeness (QED) is 0.882. The number of benzene rings is 1. The van der Waals surface area contributed by atoms with Crippen LogP contribution in [0.2, 0.25) is 0 Å². The predicted octanol–water partition coefficient (Wildman–Crippen LogP) is 1.98. The van der Waals surface area contributed by atoms with E-state index in [2.05, 4.69) is 48.5 Å². The second-order valence-electron chi connectivity index (χ2n) is 5.82. The van der Waals surface area contributed by atoms with Gasteiger partial charge in [0.2, 0.25) is 0 Å². The van der Waals surface area contributed by atoms with Crippen LogP contribution in [0.5, 0.6) is 5.75 Å². The Kier molecular flexibility index (Phi) is 3.04. The third kappa shape index (κ3) is 2.13. The first-order valence-electron chi connectivity index (χ1n) is 6.87. The molecule has 1 N–H and O–H groups in total. The van der Waals surface area contributed by atoms with Crippen molar-refractivity contribution in [2.24, 2.45) is 0 Å². The van der Waals surface area contributed by atoms with E-state index in [1.54, 1.807) is 0 Å². The average molecular weight is 246 g/mol. The minimum absolute atomic E-state index is 0.0895. The topological polar surface area (TPSA) is 24.5 Å². The number of rotatable bonds is 3. The van der Waals surface area contributed by atoms with Crippen molar-refractivity contribution in [2.45, 2.75) is 31.4 Å². The van der Waals surface area contributed by atoms with Gasteiger partial charge >= 0.3 is 0 Å². The van der Waals surface area contributed by atoms with Crippen LogP contribution in [0.3, 0.4) is 0 Å². The van der Waals surface area contributed by atoms with E-state index in [-0.39, 0.29) is 5.54 Å². The normalized spacial score (nSPS) is 29.2. The smallest absolute Gasteiger partial charge is 0.124 e. The van der Waals surface area contributed by atoms with E-state index >= 15 is 0 Å². The Balaban J connectivity index is 1.81. The van der Waals surface area contributed by atoms with E-state index in [1.807, 2.05) is 0 Å². The Hall–Kier alpha value is -1.06. The van der Waals surface area contributed by atoms with Crippen molar-refractivity contribution < 1.29 is 4.74 Å². The number of likely N-dealkylation sites (N-methyl/N-ethyl adjacent to an activating group) is 1. The molecule has 1 atom stereocenters. The zero-order valence-electron chi connectivity index (χ0n) is 11.3. The molecule has 1 unspecified atom stereocenters.